The quantitative estimate of drug-likeness (QED) is 0.0994. The van der Waals surface area contributed by atoms with Crippen molar-refractivity contribution in [2.45, 2.75) is 59.0 Å². The highest BCUT2D eigenvalue weighted by molar-refractivity contribution is 7.55. The number of hydrogen-bond acceptors (Lipinski definition) is 7. The number of aryl methyl sites for hydroxylation is 4. The van der Waals surface area contributed by atoms with Crippen LogP contribution in [0.1, 0.15) is 48.9 Å². The van der Waals surface area contributed by atoms with Crippen molar-refractivity contribution in [3.8, 4) is 5.75 Å². The van der Waals surface area contributed by atoms with Crippen molar-refractivity contribution in [3.63, 3.8) is 0 Å². The summed E-state index contributed by atoms with van der Waals surface area (Å²) < 4.78 is 56.8. The van der Waals surface area contributed by atoms with Gasteiger partial charge in [0.25, 0.3) is 0 Å². The second kappa shape index (κ2) is 12.6. The van der Waals surface area contributed by atoms with E-state index in [0.29, 0.717) is 17.1 Å². The van der Waals surface area contributed by atoms with Gasteiger partial charge in [-0.2, -0.15) is 8.78 Å². The van der Waals surface area contributed by atoms with E-state index in [2.05, 4.69) is 28.2 Å². The fourth-order valence-corrected chi connectivity index (χ4v) is 6.26. The third kappa shape index (κ3) is 6.60. The Kier molecular flexibility index (Phi) is 9.39. The second-order valence-corrected chi connectivity index (χ2v) is 12.0. The number of nitrogens with zero attached hydrogens (tertiary/aromatic N) is 2. The summed E-state index contributed by atoms with van der Waals surface area (Å²) in [5, 5.41) is 2.02. The summed E-state index contributed by atoms with van der Waals surface area (Å²) in [6.07, 6.45) is 2.78. The Hall–Kier alpha value is -3.13. The van der Waals surface area contributed by atoms with Gasteiger partial charge in [-0.15, -0.1) is 0 Å². The molecular formula is C30H36F2N3O4P. The van der Waals surface area contributed by atoms with Crippen LogP contribution in [0.5, 0.6) is 5.75 Å². The van der Waals surface area contributed by atoms with E-state index in [0.717, 1.165) is 51.4 Å². The zero-order chi connectivity index (χ0) is 28.9. The summed E-state index contributed by atoms with van der Waals surface area (Å²) in [6.45, 7) is 6.86. The summed E-state index contributed by atoms with van der Waals surface area (Å²) >= 11 is 0. The van der Waals surface area contributed by atoms with Gasteiger partial charge in [0.15, 0.2) is 5.82 Å². The number of pyridine rings is 2. The van der Waals surface area contributed by atoms with Crippen molar-refractivity contribution in [3.05, 3.63) is 70.9 Å². The van der Waals surface area contributed by atoms with Crippen molar-refractivity contribution in [1.82, 2.24) is 9.97 Å². The molecule has 0 aliphatic rings. The first kappa shape index (κ1) is 29.8. The number of ether oxygens (including phenoxy) is 1. The maximum Gasteiger partial charge on any atom is 0.399 e. The second-order valence-electron chi connectivity index (χ2n) is 9.80. The molecule has 0 aliphatic carbocycles. The van der Waals surface area contributed by atoms with E-state index >= 15 is 0 Å². The molecule has 2 N–H and O–H groups in total. The van der Waals surface area contributed by atoms with Crippen LogP contribution in [-0.2, 0) is 26.5 Å². The molecule has 4 rings (SSSR count). The normalized spacial score (nSPS) is 12.3. The van der Waals surface area contributed by atoms with Gasteiger partial charge in [-0.25, -0.2) is 4.98 Å². The summed E-state index contributed by atoms with van der Waals surface area (Å²) in [5.74, 6) is 1.02. The fourth-order valence-electron chi connectivity index (χ4n) is 4.69. The van der Waals surface area contributed by atoms with E-state index in [1.807, 2.05) is 44.3 Å². The summed E-state index contributed by atoms with van der Waals surface area (Å²) in [5.41, 5.74) is 8.59. The molecule has 0 spiro atoms. The van der Waals surface area contributed by atoms with Gasteiger partial charge in [-0.1, -0.05) is 18.2 Å². The molecule has 2 aromatic carbocycles. The lowest BCUT2D eigenvalue weighted by atomic mass is 9.99. The van der Waals surface area contributed by atoms with Crippen LogP contribution in [0.2, 0.25) is 0 Å². The number of fused-ring (bicyclic) bond motifs is 3. The van der Waals surface area contributed by atoms with Crippen LogP contribution in [0.15, 0.2) is 48.7 Å². The average molecular weight is 572 g/mol. The van der Waals surface area contributed by atoms with E-state index < -0.39 is 19.7 Å². The number of alkyl halides is 2. The highest BCUT2D eigenvalue weighted by Gasteiger charge is 2.52. The van der Waals surface area contributed by atoms with Crippen molar-refractivity contribution < 1.29 is 27.1 Å². The molecule has 10 heteroatoms. The van der Waals surface area contributed by atoms with Gasteiger partial charge in [0.1, 0.15) is 11.3 Å². The Morgan fingerprint density at radius 3 is 2.42 bits per heavy atom. The van der Waals surface area contributed by atoms with Crippen LogP contribution in [-0.4, -0.2) is 35.5 Å². The smallest absolute Gasteiger partial charge is 0.399 e. The minimum atomic E-state index is -4.52. The van der Waals surface area contributed by atoms with Crippen LogP contribution in [0, 0.1) is 13.8 Å². The first-order valence-corrected chi connectivity index (χ1v) is 15.0. The van der Waals surface area contributed by atoms with Gasteiger partial charge in [-0.05, 0) is 93.5 Å². The minimum absolute atomic E-state index is 0.00118. The van der Waals surface area contributed by atoms with Crippen LogP contribution in [0.3, 0.4) is 0 Å². The molecule has 214 valence electrons. The zero-order valence-electron chi connectivity index (χ0n) is 23.4. The van der Waals surface area contributed by atoms with E-state index in [1.165, 1.54) is 13.8 Å². The maximum atomic E-state index is 14.5. The summed E-state index contributed by atoms with van der Waals surface area (Å²) in [7, 11) is -4.52. The first-order valence-electron chi connectivity index (χ1n) is 13.5. The number of benzene rings is 2. The Labute approximate surface area is 233 Å². The molecule has 2 heterocycles. The number of halogens is 2. The van der Waals surface area contributed by atoms with Gasteiger partial charge in [0.05, 0.1) is 25.3 Å². The summed E-state index contributed by atoms with van der Waals surface area (Å²) in [4.78, 5) is 9.12. The number of aromatic nitrogens is 2. The topological polar surface area (TPSA) is 96.6 Å². The van der Waals surface area contributed by atoms with E-state index in [4.69, 9.17) is 19.5 Å². The molecular weight excluding hydrogens is 535 g/mol. The highest BCUT2D eigenvalue weighted by Crippen LogP contribution is 2.63. The molecule has 0 fully saturated rings. The van der Waals surface area contributed by atoms with Crippen molar-refractivity contribution in [2.24, 2.45) is 0 Å². The molecule has 4 aromatic rings. The number of anilines is 1. The summed E-state index contributed by atoms with van der Waals surface area (Å²) in [6, 6.07) is 14.0. The van der Waals surface area contributed by atoms with Crippen LogP contribution < -0.4 is 10.5 Å². The molecule has 0 unspecified atom stereocenters. The highest BCUT2D eigenvalue weighted by atomic mass is 31.2. The lowest BCUT2D eigenvalue weighted by Gasteiger charge is -2.25. The van der Waals surface area contributed by atoms with Gasteiger partial charge in [0.2, 0.25) is 0 Å². The Morgan fingerprint density at radius 2 is 1.73 bits per heavy atom. The standard InChI is InChI=1S/C30H36F2N3O4P/c1-5-38-40(36,39-6-2)30(31,32)14-7-15-37-24-12-11-23(21(4)17-24)10-9-22-18-26-25-13-8-20(3)16-27(25)35-29(33)28(26)34-19-22/h8,11-13,16-19H,5-7,9-10,14-15H2,1-4H3,(H2,33,35). The molecule has 40 heavy (non-hydrogen) atoms. The van der Waals surface area contributed by atoms with Crippen molar-refractivity contribution in [2.75, 3.05) is 25.6 Å². The number of hydrogen-bond donors (Lipinski definition) is 1. The molecule has 0 saturated carbocycles. The van der Waals surface area contributed by atoms with E-state index in [1.54, 1.807) is 0 Å². The number of nitrogen functional groups attached to an aromatic ring is 1. The van der Waals surface area contributed by atoms with E-state index in [-0.39, 0.29) is 26.2 Å². The number of rotatable bonds is 13. The van der Waals surface area contributed by atoms with Crippen molar-refractivity contribution in [1.29, 1.82) is 0 Å². The monoisotopic (exact) mass is 571 g/mol. The molecule has 0 radical (unpaired) electrons. The molecule has 0 saturated heterocycles. The Morgan fingerprint density at radius 1 is 0.975 bits per heavy atom. The third-order valence-corrected chi connectivity index (χ3v) is 8.98. The fraction of sp³-hybridized carbons (Fsp3) is 0.400. The molecule has 0 aliphatic heterocycles. The molecule has 7 nitrogen and oxygen atoms in total. The minimum Gasteiger partial charge on any atom is -0.494 e. The van der Waals surface area contributed by atoms with Crippen LogP contribution in [0.25, 0.3) is 21.8 Å². The lowest BCUT2D eigenvalue weighted by molar-refractivity contribution is 0.0271. The maximum absolute atomic E-state index is 14.5. The zero-order valence-corrected chi connectivity index (χ0v) is 24.3. The van der Waals surface area contributed by atoms with Gasteiger partial charge in [-0.3, -0.25) is 9.55 Å². The van der Waals surface area contributed by atoms with Gasteiger partial charge >= 0.3 is 13.3 Å². The predicted molar refractivity (Wildman–Crippen MR) is 155 cm³/mol. The molecule has 0 atom stereocenters. The molecule has 2 aromatic heterocycles. The molecule has 0 amide bonds. The third-order valence-electron chi connectivity index (χ3n) is 6.76. The SMILES string of the molecule is CCOP(=O)(OCC)C(F)(F)CCCOc1ccc(CCc2cnc3c(N)nc4cc(C)ccc4c3c2)c(C)c1. The number of nitrogens with two attached hydrogens (primary N) is 1. The van der Waals surface area contributed by atoms with Gasteiger partial charge < -0.3 is 19.5 Å². The van der Waals surface area contributed by atoms with Crippen LogP contribution in [0.4, 0.5) is 14.6 Å². The van der Waals surface area contributed by atoms with Gasteiger partial charge in [0, 0.05) is 23.4 Å². The van der Waals surface area contributed by atoms with Crippen molar-refractivity contribution >= 4 is 35.2 Å². The van der Waals surface area contributed by atoms with Crippen LogP contribution >= 0.6 is 7.60 Å². The predicted octanol–water partition coefficient (Wildman–Crippen LogP) is 7.79. The Bertz CT molecular complexity index is 1540. The first-order chi connectivity index (χ1) is 19.1. The Balaban J connectivity index is 1.37. The average Bonchev–Trinajstić information content (AvgIpc) is 2.90. The largest absolute Gasteiger partial charge is 0.494 e. The lowest BCUT2D eigenvalue weighted by Crippen LogP contribution is -2.21. The molecule has 0 bridgehead atoms. The van der Waals surface area contributed by atoms with E-state index in [9.17, 15) is 13.3 Å².